The van der Waals surface area contributed by atoms with E-state index in [1.54, 1.807) is 18.2 Å². The van der Waals surface area contributed by atoms with Crippen molar-refractivity contribution in [2.24, 2.45) is 0 Å². The second kappa shape index (κ2) is 3.51. The summed E-state index contributed by atoms with van der Waals surface area (Å²) in [5.41, 5.74) is 6.65. The standard InChI is InChI=1S/C10H9NO3S/c1-15-9-6-3-2-5(11)4-7(6)14-8(9)10(12)13/h2-4H,11H2,1H3,(H,12,13). The van der Waals surface area contributed by atoms with Crippen LogP contribution in [0.15, 0.2) is 27.5 Å². The zero-order chi connectivity index (χ0) is 11.0. The van der Waals surface area contributed by atoms with Crippen LogP contribution >= 0.6 is 11.8 Å². The number of carboxylic acids is 1. The molecule has 0 saturated carbocycles. The molecule has 1 aromatic heterocycles. The van der Waals surface area contributed by atoms with Crippen LogP contribution in [0, 0.1) is 0 Å². The predicted molar refractivity (Wildman–Crippen MR) is 59.4 cm³/mol. The first kappa shape index (κ1) is 9.92. The second-order valence-corrected chi connectivity index (χ2v) is 3.84. The van der Waals surface area contributed by atoms with Crippen LogP contribution in [0.2, 0.25) is 0 Å². The van der Waals surface area contributed by atoms with Crippen LogP contribution in [-0.2, 0) is 0 Å². The summed E-state index contributed by atoms with van der Waals surface area (Å²) in [5.74, 6) is -1.09. The summed E-state index contributed by atoms with van der Waals surface area (Å²) < 4.78 is 5.23. The molecule has 5 heteroatoms. The van der Waals surface area contributed by atoms with Crippen molar-refractivity contribution in [2.45, 2.75) is 4.90 Å². The normalized spacial score (nSPS) is 10.7. The van der Waals surface area contributed by atoms with Gasteiger partial charge in [0.15, 0.2) is 0 Å². The Morgan fingerprint density at radius 1 is 1.53 bits per heavy atom. The molecule has 15 heavy (non-hydrogen) atoms. The number of carboxylic acid groups (broad SMARTS) is 1. The SMILES string of the molecule is CSc1c(C(=O)O)oc2cc(N)ccc12. The number of aromatic carboxylic acids is 1. The maximum absolute atomic E-state index is 10.9. The Morgan fingerprint density at radius 2 is 2.27 bits per heavy atom. The smallest absolute Gasteiger partial charge is 0.373 e. The molecule has 0 fully saturated rings. The fourth-order valence-electron chi connectivity index (χ4n) is 1.43. The third-order valence-electron chi connectivity index (χ3n) is 2.07. The molecule has 0 radical (unpaired) electrons. The van der Waals surface area contributed by atoms with Gasteiger partial charge in [-0.25, -0.2) is 4.79 Å². The number of benzene rings is 1. The van der Waals surface area contributed by atoms with Gasteiger partial charge in [-0.2, -0.15) is 0 Å². The Labute approximate surface area is 90.1 Å². The zero-order valence-corrected chi connectivity index (χ0v) is 8.80. The summed E-state index contributed by atoms with van der Waals surface area (Å²) in [6.07, 6.45) is 1.81. The molecule has 2 rings (SSSR count). The van der Waals surface area contributed by atoms with Crippen LogP contribution in [-0.4, -0.2) is 17.3 Å². The maximum atomic E-state index is 10.9. The number of carbonyl (C=O) groups is 1. The zero-order valence-electron chi connectivity index (χ0n) is 7.98. The van der Waals surface area contributed by atoms with E-state index in [1.807, 2.05) is 6.26 Å². The average Bonchev–Trinajstić information content (AvgIpc) is 2.55. The number of furan rings is 1. The number of anilines is 1. The average molecular weight is 223 g/mol. The van der Waals surface area contributed by atoms with E-state index in [0.29, 0.717) is 16.2 Å². The van der Waals surface area contributed by atoms with Gasteiger partial charge >= 0.3 is 5.97 Å². The lowest BCUT2D eigenvalue weighted by Crippen LogP contribution is -1.94. The molecule has 0 aliphatic carbocycles. The van der Waals surface area contributed by atoms with Crippen LogP contribution in [0.4, 0.5) is 5.69 Å². The van der Waals surface area contributed by atoms with Gasteiger partial charge in [-0.1, -0.05) is 0 Å². The molecule has 0 saturated heterocycles. The second-order valence-electron chi connectivity index (χ2n) is 3.03. The van der Waals surface area contributed by atoms with Gasteiger partial charge in [-0.3, -0.25) is 0 Å². The molecule has 1 heterocycles. The molecule has 0 aliphatic rings. The fraction of sp³-hybridized carbons (Fsp3) is 0.100. The molecule has 0 atom stereocenters. The largest absolute Gasteiger partial charge is 0.475 e. The van der Waals surface area contributed by atoms with Gasteiger partial charge in [0.25, 0.3) is 0 Å². The molecule has 3 N–H and O–H groups in total. The molecule has 0 bridgehead atoms. The lowest BCUT2D eigenvalue weighted by Gasteiger charge is -1.93. The van der Waals surface area contributed by atoms with E-state index in [-0.39, 0.29) is 5.76 Å². The third kappa shape index (κ3) is 1.55. The van der Waals surface area contributed by atoms with E-state index in [4.69, 9.17) is 15.3 Å². The summed E-state index contributed by atoms with van der Waals surface area (Å²) in [6.45, 7) is 0. The first-order chi connectivity index (χ1) is 7.13. The minimum atomic E-state index is -1.06. The first-order valence-electron chi connectivity index (χ1n) is 4.23. The van der Waals surface area contributed by atoms with Crippen LogP contribution in [0.25, 0.3) is 11.0 Å². The lowest BCUT2D eigenvalue weighted by molar-refractivity contribution is 0.0660. The van der Waals surface area contributed by atoms with Crippen LogP contribution in [0.3, 0.4) is 0 Å². The Hall–Kier alpha value is -1.62. The number of fused-ring (bicyclic) bond motifs is 1. The van der Waals surface area contributed by atoms with E-state index < -0.39 is 5.97 Å². The highest BCUT2D eigenvalue weighted by atomic mass is 32.2. The first-order valence-corrected chi connectivity index (χ1v) is 5.45. The summed E-state index contributed by atoms with van der Waals surface area (Å²) in [5, 5.41) is 9.71. The molecule has 0 aliphatic heterocycles. The molecule has 78 valence electrons. The number of nitrogens with two attached hydrogens (primary N) is 1. The van der Waals surface area contributed by atoms with Crippen molar-refractivity contribution in [1.82, 2.24) is 0 Å². The number of rotatable bonds is 2. The highest BCUT2D eigenvalue weighted by Gasteiger charge is 2.18. The van der Waals surface area contributed by atoms with Crippen LogP contribution in [0.5, 0.6) is 0 Å². The van der Waals surface area contributed by atoms with Crippen LogP contribution < -0.4 is 5.73 Å². The molecule has 0 unspecified atom stereocenters. The van der Waals surface area contributed by atoms with Crippen molar-refractivity contribution in [3.05, 3.63) is 24.0 Å². The van der Waals surface area contributed by atoms with Crippen molar-refractivity contribution in [3.63, 3.8) is 0 Å². The Kier molecular flexibility index (Phi) is 2.32. The lowest BCUT2D eigenvalue weighted by atomic mass is 10.2. The van der Waals surface area contributed by atoms with Gasteiger partial charge in [0.2, 0.25) is 5.76 Å². The predicted octanol–water partition coefficient (Wildman–Crippen LogP) is 2.44. The number of thioether (sulfide) groups is 1. The molecule has 2 aromatic rings. The summed E-state index contributed by atoms with van der Waals surface area (Å²) in [7, 11) is 0. The maximum Gasteiger partial charge on any atom is 0.373 e. The van der Waals surface area contributed by atoms with E-state index in [1.165, 1.54) is 11.8 Å². The van der Waals surface area contributed by atoms with Crippen LogP contribution in [0.1, 0.15) is 10.6 Å². The van der Waals surface area contributed by atoms with Gasteiger partial charge in [-0.05, 0) is 18.4 Å². The Bertz CT molecular complexity index is 533. The summed E-state index contributed by atoms with van der Waals surface area (Å²) in [4.78, 5) is 11.5. The highest BCUT2D eigenvalue weighted by molar-refractivity contribution is 7.98. The fourth-order valence-corrected chi connectivity index (χ4v) is 2.14. The minimum Gasteiger partial charge on any atom is -0.475 e. The Balaban J connectivity index is 2.78. The molecule has 0 amide bonds. The summed E-state index contributed by atoms with van der Waals surface area (Å²) >= 11 is 1.35. The number of hydrogen-bond donors (Lipinski definition) is 2. The van der Waals surface area contributed by atoms with Crippen molar-refractivity contribution >= 4 is 34.4 Å². The highest BCUT2D eigenvalue weighted by Crippen LogP contribution is 2.33. The van der Waals surface area contributed by atoms with Gasteiger partial charge in [-0.15, -0.1) is 11.8 Å². The minimum absolute atomic E-state index is 0.0249. The van der Waals surface area contributed by atoms with Crippen molar-refractivity contribution in [1.29, 1.82) is 0 Å². The molecule has 0 spiro atoms. The summed E-state index contributed by atoms with van der Waals surface area (Å²) in [6, 6.07) is 5.12. The number of hydrogen-bond acceptors (Lipinski definition) is 4. The van der Waals surface area contributed by atoms with Crippen molar-refractivity contribution in [3.8, 4) is 0 Å². The van der Waals surface area contributed by atoms with Gasteiger partial charge in [0, 0.05) is 17.1 Å². The van der Waals surface area contributed by atoms with E-state index >= 15 is 0 Å². The van der Waals surface area contributed by atoms with Gasteiger partial charge in [0.05, 0.1) is 4.90 Å². The number of nitrogen functional groups attached to an aromatic ring is 1. The molecule has 1 aromatic carbocycles. The molecular weight excluding hydrogens is 214 g/mol. The van der Waals surface area contributed by atoms with Gasteiger partial charge < -0.3 is 15.3 Å². The third-order valence-corrected chi connectivity index (χ3v) is 2.88. The van der Waals surface area contributed by atoms with Gasteiger partial charge in [0.1, 0.15) is 5.58 Å². The Morgan fingerprint density at radius 3 is 2.87 bits per heavy atom. The molecule has 4 nitrogen and oxygen atoms in total. The topological polar surface area (TPSA) is 76.5 Å². The molecular formula is C10H9NO3S. The van der Waals surface area contributed by atoms with E-state index in [9.17, 15) is 4.79 Å². The monoisotopic (exact) mass is 223 g/mol. The quantitative estimate of drug-likeness (QED) is 0.604. The van der Waals surface area contributed by atoms with Crippen molar-refractivity contribution < 1.29 is 14.3 Å². The van der Waals surface area contributed by atoms with E-state index in [0.717, 1.165) is 5.39 Å². The van der Waals surface area contributed by atoms with Crippen molar-refractivity contribution in [2.75, 3.05) is 12.0 Å². The van der Waals surface area contributed by atoms with E-state index in [2.05, 4.69) is 0 Å².